The molecule has 0 spiro atoms. The van der Waals surface area contributed by atoms with E-state index in [0.717, 1.165) is 0 Å². The average Bonchev–Trinajstić information content (AvgIpc) is 0. The summed E-state index contributed by atoms with van der Waals surface area (Å²) in [6, 6.07) is 0. The van der Waals surface area contributed by atoms with E-state index in [1.807, 2.05) is 0 Å². The maximum Gasteiger partial charge on any atom is 2.00 e. The van der Waals surface area contributed by atoms with Gasteiger partial charge in [0.15, 0.2) is 0 Å². The van der Waals surface area contributed by atoms with Crippen LogP contribution in [0.1, 0.15) is 2.85 Å². The molecule has 0 aromatic heterocycles. The van der Waals surface area contributed by atoms with Crippen LogP contribution < -0.4 is 0 Å². The minimum atomic E-state index is 0. The first-order valence-electron chi connectivity index (χ1n) is 0. The van der Waals surface area contributed by atoms with Gasteiger partial charge < -0.3 is 8.33 Å². The van der Waals surface area contributed by atoms with Crippen molar-refractivity contribution in [3.8, 4) is 0 Å². The van der Waals surface area contributed by atoms with Crippen molar-refractivity contribution in [3.63, 3.8) is 0 Å². The van der Waals surface area contributed by atoms with Crippen LogP contribution in [-0.2, 0) is 49.8 Å². The van der Waals surface area contributed by atoms with Crippen molar-refractivity contribution in [2.24, 2.45) is 0 Å². The maximum absolute atomic E-state index is 0. The largest absolute Gasteiger partial charge is 2.00 e. The predicted octanol–water partition coefficient (Wildman–Crippen LogP) is -0.833. The van der Waals surface area contributed by atoms with Gasteiger partial charge in [-0.1, -0.05) is 0 Å². The first kappa shape index (κ1) is 42.6. The van der Waals surface area contributed by atoms with Crippen LogP contribution in [0.25, 0.3) is 0 Å². The summed E-state index contributed by atoms with van der Waals surface area (Å²) >= 11 is 0. The second-order valence-electron chi connectivity index (χ2n) is 0. The molecule has 0 aliphatic heterocycles. The van der Waals surface area contributed by atoms with Gasteiger partial charge in [-0.05, 0) is 0 Å². The van der Waals surface area contributed by atoms with E-state index in [1.54, 1.807) is 0 Å². The van der Waals surface area contributed by atoms with Gasteiger partial charge in [0.25, 0.3) is 0 Å². The minimum Gasteiger partial charge on any atom is -1.00 e. The van der Waals surface area contributed by atoms with Crippen LogP contribution in [0.2, 0.25) is 0 Å². The van der Waals surface area contributed by atoms with Crippen LogP contribution in [-0.4, -0.2) is 54.4 Å². The number of halogens is 1. The molecule has 0 saturated carbocycles. The zero-order valence-electron chi connectivity index (χ0n) is 4.49. The number of rotatable bonds is 0. The van der Waals surface area contributed by atoms with Crippen molar-refractivity contribution in [2.75, 3.05) is 0 Å². The average molecular weight is 330 g/mol. The Kier molecular flexibility index (Phi) is 235. The summed E-state index contributed by atoms with van der Waals surface area (Å²) in [5.41, 5.74) is 0. The van der Waals surface area contributed by atoms with Crippen molar-refractivity contribution < 1.29 is 62.8 Å². The maximum atomic E-state index is 0. The SMILES string of the molecule is F.O.[Ba+2].[Cu].[H-].[H-].[Y]. The van der Waals surface area contributed by atoms with Gasteiger partial charge in [-0.15, -0.1) is 0 Å². The quantitative estimate of drug-likeness (QED) is 0.520. The van der Waals surface area contributed by atoms with E-state index >= 15 is 0 Å². The first-order valence-corrected chi connectivity index (χ1v) is 0. The third-order valence-corrected chi connectivity index (χ3v) is 0. The van der Waals surface area contributed by atoms with Gasteiger partial charge in [0, 0.05) is 49.8 Å². The van der Waals surface area contributed by atoms with Crippen LogP contribution >= 0.6 is 0 Å². The van der Waals surface area contributed by atoms with E-state index in [1.165, 1.54) is 0 Å². The molecule has 2 N–H and O–H groups in total. The fourth-order valence-electron chi connectivity index (χ4n) is 0. The molecule has 0 aliphatic carbocycles. The van der Waals surface area contributed by atoms with Gasteiger partial charge in [-0.2, -0.15) is 0 Å². The molecule has 0 amide bonds. The summed E-state index contributed by atoms with van der Waals surface area (Å²) in [6.45, 7) is 0. The molecule has 5 heteroatoms. The van der Waals surface area contributed by atoms with E-state index in [-0.39, 0.29) is 112 Å². The molecule has 0 saturated heterocycles. The Morgan fingerprint density at radius 2 is 1.20 bits per heavy atom. The summed E-state index contributed by atoms with van der Waals surface area (Å²) in [7, 11) is 0. The fourth-order valence-corrected chi connectivity index (χ4v) is 0. The third-order valence-electron chi connectivity index (χ3n) is 0. The van der Waals surface area contributed by atoms with Crippen LogP contribution in [0.3, 0.4) is 0 Å². The zero-order chi connectivity index (χ0) is 0. The molecule has 2 radical (unpaired) electrons. The smallest absolute Gasteiger partial charge is 1.00 e. The standard InChI is InChI=1S/Ba.Cu.FH.H2O.Y.2H/h;;1H;1H2;;;/q+2;;;;;2*-1. The van der Waals surface area contributed by atoms with E-state index < -0.39 is 0 Å². The molecular weight excluding hydrogens is 325 g/mol. The van der Waals surface area contributed by atoms with Crippen molar-refractivity contribution in [1.29, 1.82) is 0 Å². The molecule has 0 aromatic carbocycles. The Morgan fingerprint density at radius 3 is 1.20 bits per heavy atom. The van der Waals surface area contributed by atoms with Crippen LogP contribution in [0.4, 0.5) is 4.70 Å². The summed E-state index contributed by atoms with van der Waals surface area (Å²) < 4.78 is 0. The van der Waals surface area contributed by atoms with E-state index in [2.05, 4.69) is 0 Å². The second-order valence-corrected chi connectivity index (χ2v) is 0. The van der Waals surface area contributed by atoms with Crippen LogP contribution in [0, 0.1) is 0 Å². The van der Waals surface area contributed by atoms with Crippen molar-refractivity contribution in [1.82, 2.24) is 0 Å². The first-order chi connectivity index (χ1) is 0. The van der Waals surface area contributed by atoms with Crippen molar-refractivity contribution in [2.45, 2.75) is 0 Å². The van der Waals surface area contributed by atoms with Gasteiger partial charge in [0.2, 0.25) is 0 Å². The Hall–Kier alpha value is 3.08. The Labute approximate surface area is 109 Å². The molecule has 0 aliphatic rings. The molecule has 0 rings (SSSR count). The molecule has 0 heterocycles. The molecule has 0 unspecified atom stereocenters. The van der Waals surface area contributed by atoms with Gasteiger partial charge in [-0.25, -0.2) is 0 Å². The van der Waals surface area contributed by atoms with E-state index in [9.17, 15) is 0 Å². The summed E-state index contributed by atoms with van der Waals surface area (Å²) in [5, 5.41) is 0. The summed E-state index contributed by atoms with van der Waals surface area (Å²) in [4.78, 5) is 0. The molecule has 0 fully saturated rings. The number of hydrogen-bond acceptors (Lipinski definition) is 0. The Morgan fingerprint density at radius 1 is 1.20 bits per heavy atom. The monoisotopic (exact) mass is 330 g/mol. The molecule has 1 nitrogen and oxygen atoms in total. The fraction of sp³-hybridized carbons (Fsp3) is 0. The molecule has 0 bridgehead atoms. The Balaban J connectivity index is 0. The van der Waals surface area contributed by atoms with Crippen LogP contribution in [0.15, 0.2) is 0 Å². The predicted molar refractivity (Wildman–Crippen MR) is 14.1 cm³/mol. The third kappa shape index (κ3) is 19.2. The Bertz CT molecular complexity index is 17.7. The minimum absolute atomic E-state index is 0. The van der Waals surface area contributed by atoms with Gasteiger partial charge in [0.05, 0.1) is 0 Å². The zero-order valence-corrected chi connectivity index (χ0v) is 10.7. The van der Waals surface area contributed by atoms with Crippen molar-refractivity contribution in [3.05, 3.63) is 0 Å². The molecule has 0 atom stereocenters. The molecule has 5 heavy (non-hydrogen) atoms. The second kappa shape index (κ2) is 27.6. The topological polar surface area (TPSA) is 31.5 Å². The van der Waals surface area contributed by atoms with Crippen LogP contribution in [0.5, 0.6) is 0 Å². The summed E-state index contributed by atoms with van der Waals surface area (Å²) in [6.07, 6.45) is 0. The molecule has 34 valence electrons. The molecule has 0 aromatic rings. The van der Waals surface area contributed by atoms with E-state index in [4.69, 9.17) is 0 Å². The van der Waals surface area contributed by atoms with Gasteiger partial charge in [-0.3, -0.25) is 4.70 Å². The molecular formula is H5BaCuFOY. The van der Waals surface area contributed by atoms with Crippen molar-refractivity contribution >= 4 is 48.9 Å². The summed E-state index contributed by atoms with van der Waals surface area (Å²) in [5.74, 6) is 0. The van der Waals surface area contributed by atoms with E-state index in [0.29, 0.717) is 0 Å². The normalized spacial score (nSPS) is 0. The number of hydrogen-bond donors (Lipinski definition) is 0. The van der Waals surface area contributed by atoms with Gasteiger partial charge in [0.1, 0.15) is 0 Å². The van der Waals surface area contributed by atoms with Gasteiger partial charge >= 0.3 is 48.9 Å².